The Morgan fingerprint density at radius 2 is 2.25 bits per heavy atom. The maximum Gasteiger partial charge on any atom is 0.305 e. The van der Waals surface area contributed by atoms with Crippen molar-refractivity contribution in [3.05, 3.63) is 16.5 Å². The Bertz CT molecular complexity index is 642. The molecule has 0 saturated carbocycles. The molecule has 7 nitrogen and oxygen atoms in total. The van der Waals surface area contributed by atoms with Gasteiger partial charge in [-0.3, -0.25) is 9.59 Å². The SMILES string of the molecule is O=C(O)CC1C(=O)NCCN1S(=O)(=O)c1ccc(Cl)s1. The Balaban J connectivity index is 2.36. The van der Waals surface area contributed by atoms with Crippen molar-refractivity contribution in [1.82, 2.24) is 9.62 Å². The zero-order valence-corrected chi connectivity index (χ0v) is 12.5. The van der Waals surface area contributed by atoms with Gasteiger partial charge in [0.05, 0.1) is 10.8 Å². The molecule has 1 aromatic heterocycles. The number of hydrogen-bond acceptors (Lipinski definition) is 5. The molecule has 20 heavy (non-hydrogen) atoms. The average Bonchev–Trinajstić information content (AvgIpc) is 2.78. The fourth-order valence-electron chi connectivity index (χ4n) is 1.89. The van der Waals surface area contributed by atoms with Crippen LogP contribution in [0.1, 0.15) is 6.42 Å². The first-order valence-corrected chi connectivity index (χ1v) is 8.22. The van der Waals surface area contributed by atoms with Crippen molar-refractivity contribution in [2.24, 2.45) is 0 Å². The number of carboxylic acid groups (broad SMARTS) is 1. The summed E-state index contributed by atoms with van der Waals surface area (Å²) in [5.74, 6) is -1.85. The van der Waals surface area contributed by atoms with Crippen molar-refractivity contribution in [2.45, 2.75) is 16.7 Å². The number of piperazine rings is 1. The number of sulfonamides is 1. The van der Waals surface area contributed by atoms with Crippen LogP contribution in [0, 0.1) is 0 Å². The molecule has 1 aliphatic rings. The van der Waals surface area contributed by atoms with Gasteiger partial charge < -0.3 is 10.4 Å². The van der Waals surface area contributed by atoms with Crippen LogP contribution in [-0.2, 0) is 19.6 Å². The Morgan fingerprint density at radius 3 is 2.80 bits per heavy atom. The summed E-state index contributed by atoms with van der Waals surface area (Å²) < 4.78 is 26.1. The molecular formula is C10H11ClN2O5S2. The van der Waals surface area contributed by atoms with Gasteiger partial charge in [0.1, 0.15) is 10.3 Å². The summed E-state index contributed by atoms with van der Waals surface area (Å²) in [7, 11) is -3.93. The molecule has 1 aliphatic heterocycles. The molecule has 0 aliphatic carbocycles. The van der Waals surface area contributed by atoms with Crippen LogP contribution in [0.2, 0.25) is 4.34 Å². The van der Waals surface area contributed by atoms with Crippen LogP contribution in [0.25, 0.3) is 0 Å². The van der Waals surface area contributed by atoms with Gasteiger partial charge in [0.2, 0.25) is 5.91 Å². The molecule has 1 atom stereocenters. The molecular weight excluding hydrogens is 328 g/mol. The lowest BCUT2D eigenvalue weighted by molar-refractivity contribution is -0.141. The van der Waals surface area contributed by atoms with Gasteiger partial charge in [-0.1, -0.05) is 11.6 Å². The zero-order valence-electron chi connectivity index (χ0n) is 10.1. The minimum absolute atomic E-state index is 0.00686. The van der Waals surface area contributed by atoms with E-state index in [2.05, 4.69) is 5.32 Å². The lowest BCUT2D eigenvalue weighted by atomic mass is 10.1. The Labute approximate surface area is 124 Å². The van der Waals surface area contributed by atoms with Crippen molar-refractivity contribution in [1.29, 1.82) is 0 Å². The fraction of sp³-hybridized carbons (Fsp3) is 0.400. The first kappa shape index (κ1) is 15.2. The largest absolute Gasteiger partial charge is 0.481 e. The van der Waals surface area contributed by atoms with Crippen molar-refractivity contribution in [3.63, 3.8) is 0 Å². The second-order valence-electron chi connectivity index (χ2n) is 4.08. The van der Waals surface area contributed by atoms with Crippen LogP contribution in [0.5, 0.6) is 0 Å². The van der Waals surface area contributed by atoms with Crippen LogP contribution in [0.15, 0.2) is 16.3 Å². The Morgan fingerprint density at radius 1 is 1.55 bits per heavy atom. The number of rotatable bonds is 4. The van der Waals surface area contributed by atoms with E-state index >= 15 is 0 Å². The quantitative estimate of drug-likeness (QED) is 0.825. The van der Waals surface area contributed by atoms with Crippen LogP contribution >= 0.6 is 22.9 Å². The van der Waals surface area contributed by atoms with Crippen molar-refractivity contribution in [2.75, 3.05) is 13.1 Å². The second-order valence-corrected chi connectivity index (χ2v) is 7.91. The molecule has 1 amide bonds. The molecule has 110 valence electrons. The predicted molar refractivity (Wildman–Crippen MR) is 72.3 cm³/mol. The molecule has 0 aromatic carbocycles. The van der Waals surface area contributed by atoms with Gasteiger partial charge in [-0.2, -0.15) is 4.31 Å². The molecule has 1 unspecified atom stereocenters. The number of carbonyl (C=O) groups excluding carboxylic acids is 1. The standard InChI is InChI=1S/C10H11ClN2O5S2/c11-7-1-2-9(19-7)20(17,18)13-4-3-12-10(16)6(13)5-8(14)15/h1-2,6H,3-5H2,(H,12,16)(H,14,15). The van der Waals surface area contributed by atoms with Crippen LogP contribution < -0.4 is 5.32 Å². The highest BCUT2D eigenvalue weighted by Crippen LogP contribution is 2.30. The molecule has 2 heterocycles. The third kappa shape index (κ3) is 2.95. The van der Waals surface area contributed by atoms with E-state index in [1.54, 1.807) is 0 Å². The smallest absolute Gasteiger partial charge is 0.305 e. The third-order valence-corrected chi connectivity index (χ3v) is 6.37. The summed E-state index contributed by atoms with van der Waals surface area (Å²) in [5.41, 5.74) is 0. The topological polar surface area (TPSA) is 104 Å². The predicted octanol–water partition coefficient (Wildman–Crippen LogP) is 0.365. The van der Waals surface area contributed by atoms with Gasteiger partial charge in [0, 0.05) is 13.1 Å². The summed E-state index contributed by atoms with van der Waals surface area (Å²) >= 11 is 6.58. The molecule has 1 fully saturated rings. The summed E-state index contributed by atoms with van der Waals surface area (Å²) in [5, 5.41) is 11.3. The van der Waals surface area contributed by atoms with Crippen LogP contribution in [0.3, 0.4) is 0 Å². The number of amides is 1. The van der Waals surface area contributed by atoms with E-state index in [4.69, 9.17) is 16.7 Å². The molecule has 0 spiro atoms. The maximum atomic E-state index is 12.4. The Hall–Kier alpha value is -1.16. The lowest BCUT2D eigenvalue weighted by Crippen LogP contribution is -2.57. The highest BCUT2D eigenvalue weighted by Gasteiger charge is 2.40. The van der Waals surface area contributed by atoms with E-state index in [1.807, 2.05) is 0 Å². The highest BCUT2D eigenvalue weighted by molar-refractivity contribution is 7.91. The van der Waals surface area contributed by atoms with Gasteiger partial charge in [-0.05, 0) is 12.1 Å². The van der Waals surface area contributed by atoms with E-state index in [-0.39, 0.29) is 17.3 Å². The summed E-state index contributed by atoms with van der Waals surface area (Å²) in [6.07, 6.45) is -0.579. The molecule has 1 saturated heterocycles. The van der Waals surface area contributed by atoms with Crippen molar-refractivity contribution in [3.8, 4) is 0 Å². The first-order chi connectivity index (χ1) is 9.32. The third-order valence-electron chi connectivity index (χ3n) is 2.76. The Kier molecular flexibility index (Phi) is 4.33. The van der Waals surface area contributed by atoms with Gasteiger partial charge in [0.15, 0.2) is 0 Å². The monoisotopic (exact) mass is 338 g/mol. The highest BCUT2D eigenvalue weighted by atomic mass is 35.5. The number of carbonyl (C=O) groups is 2. The molecule has 1 aromatic rings. The van der Waals surface area contributed by atoms with Crippen LogP contribution in [-0.4, -0.2) is 48.8 Å². The van der Waals surface area contributed by atoms with E-state index < -0.39 is 34.4 Å². The van der Waals surface area contributed by atoms with Crippen molar-refractivity contribution >= 4 is 44.8 Å². The normalized spacial score (nSPS) is 20.6. The number of halogens is 1. The number of aliphatic carboxylic acids is 1. The minimum atomic E-state index is -3.93. The van der Waals surface area contributed by atoms with Crippen LogP contribution in [0.4, 0.5) is 0 Å². The number of nitrogens with zero attached hydrogens (tertiary/aromatic N) is 1. The lowest BCUT2D eigenvalue weighted by Gasteiger charge is -2.32. The summed E-state index contributed by atoms with van der Waals surface area (Å²) in [6.45, 7) is 0.175. The van der Waals surface area contributed by atoms with Gasteiger partial charge in [-0.15, -0.1) is 11.3 Å². The summed E-state index contributed by atoms with van der Waals surface area (Å²) in [6, 6.07) is 1.54. The molecule has 0 radical (unpaired) electrons. The number of carboxylic acids is 1. The van der Waals surface area contributed by atoms with E-state index in [9.17, 15) is 18.0 Å². The molecule has 10 heteroatoms. The first-order valence-electron chi connectivity index (χ1n) is 5.59. The zero-order chi connectivity index (χ0) is 14.9. The number of thiophene rings is 1. The number of hydrogen-bond donors (Lipinski definition) is 2. The molecule has 2 rings (SSSR count). The van der Waals surface area contributed by atoms with E-state index in [0.29, 0.717) is 4.34 Å². The molecule has 2 N–H and O–H groups in total. The van der Waals surface area contributed by atoms with Gasteiger partial charge in [-0.25, -0.2) is 8.42 Å². The summed E-state index contributed by atoms with van der Waals surface area (Å²) in [4.78, 5) is 22.5. The van der Waals surface area contributed by atoms with Gasteiger partial charge >= 0.3 is 5.97 Å². The number of nitrogens with one attached hydrogen (secondary N) is 1. The average molecular weight is 339 g/mol. The fourth-order valence-corrected chi connectivity index (χ4v) is 5.09. The molecule has 0 bridgehead atoms. The van der Waals surface area contributed by atoms with E-state index in [1.165, 1.54) is 12.1 Å². The second kappa shape index (κ2) is 5.68. The van der Waals surface area contributed by atoms with Crippen molar-refractivity contribution < 1.29 is 23.1 Å². The van der Waals surface area contributed by atoms with Gasteiger partial charge in [0.25, 0.3) is 10.0 Å². The van der Waals surface area contributed by atoms with E-state index in [0.717, 1.165) is 15.6 Å². The minimum Gasteiger partial charge on any atom is -0.481 e. The maximum absolute atomic E-state index is 12.4.